The van der Waals surface area contributed by atoms with Gasteiger partial charge in [0.25, 0.3) is 0 Å². The van der Waals surface area contributed by atoms with Crippen molar-refractivity contribution in [3.63, 3.8) is 0 Å². The number of esters is 3. The molecule has 0 amide bonds. The average Bonchev–Trinajstić information content (AvgIpc) is 3.43. The first-order valence-electron chi connectivity index (χ1n) is 32.7. The molecule has 442 valence electrons. The molecule has 1 atom stereocenters. The second-order valence-electron chi connectivity index (χ2n) is 21.6. The van der Waals surface area contributed by atoms with Gasteiger partial charge in [-0.25, -0.2) is 0 Å². The topological polar surface area (TPSA) is 78.9 Å². The van der Waals surface area contributed by atoms with Gasteiger partial charge in [-0.2, -0.15) is 0 Å². The van der Waals surface area contributed by atoms with Crippen molar-refractivity contribution < 1.29 is 28.6 Å². The van der Waals surface area contributed by atoms with Crippen molar-refractivity contribution in [2.45, 2.75) is 322 Å². The fourth-order valence-electron chi connectivity index (χ4n) is 9.18. The van der Waals surface area contributed by atoms with E-state index < -0.39 is 6.10 Å². The predicted octanol–water partition coefficient (Wildman–Crippen LogP) is 22.4. The van der Waals surface area contributed by atoms with E-state index in [9.17, 15) is 14.4 Å². The molecule has 0 heterocycles. The van der Waals surface area contributed by atoms with E-state index in [4.69, 9.17) is 14.2 Å². The third-order valence-corrected chi connectivity index (χ3v) is 14.1. The molecule has 6 heteroatoms. The average molecular weight is 1070 g/mol. The van der Waals surface area contributed by atoms with Gasteiger partial charge in [-0.1, -0.05) is 291 Å². The second kappa shape index (κ2) is 64.9. The van der Waals surface area contributed by atoms with Crippen LogP contribution in [0.15, 0.2) is 97.2 Å². The summed E-state index contributed by atoms with van der Waals surface area (Å²) in [4.78, 5) is 38.2. The smallest absolute Gasteiger partial charge is 0.306 e. The molecule has 1 unspecified atom stereocenters. The Morgan fingerprint density at radius 3 is 0.792 bits per heavy atom. The van der Waals surface area contributed by atoms with E-state index in [2.05, 4.69) is 118 Å². The van der Waals surface area contributed by atoms with E-state index in [-0.39, 0.29) is 31.1 Å². The molecule has 0 rings (SSSR count). The van der Waals surface area contributed by atoms with Crippen LogP contribution < -0.4 is 0 Å². The lowest BCUT2D eigenvalue weighted by Gasteiger charge is -2.18. The molecule has 0 aliphatic rings. The van der Waals surface area contributed by atoms with Crippen LogP contribution >= 0.6 is 0 Å². The quantitative estimate of drug-likeness (QED) is 0.0261. The normalized spacial score (nSPS) is 12.7. The van der Waals surface area contributed by atoms with Gasteiger partial charge in [0.2, 0.25) is 0 Å². The summed E-state index contributed by atoms with van der Waals surface area (Å²) in [6, 6.07) is 0. The molecule has 0 aromatic rings. The summed E-state index contributed by atoms with van der Waals surface area (Å²) in [5.74, 6) is -0.889. The molecule has 0 aromatic heterocycles. The lowest BCUT2D eigenvalue weighted by atomic mass is 10.0. The van der Waals surface area contributed by atoms with E-state index >= 15 is 0 Å². The van der Waals surface area contributed by atoms with Gasteiger partial charge in [0.15, 0.2) is 6.10 Å². The highest BCUT2D eigenvalue weighted by Gasteiger charge is 2.19. The van der Waals surface area contributed by atoms with E-state index in [1.54, 1.807) is 0 Å². The van der Waals surface area contributed by atoms with Gasteiger partial charge >= 0.3 is 17.9 Å². The van der Waals surface area contributed by atoms with Gasteiger partial charge in [0.1, 0.15) is 13.2 Å². The van der Waals surface area contributed by atoms with E-state index in [0.717, 1.165) is 116 Å². The summed E-state index contributed by atoms with van der Waals surface area (Å²) in [5.41, 5.74) is 0. The molecule has 6 nitrogen and oxygen atoms in total. The molecule has 0 radical (unpaired) electrons. The number of rotatable bonds is 59. The van der Waals surface area contributed by atoms with E-state index in [1.807, 2.05) is 0 Å². The third kappa shape index (κ3) is 63.0. The van der Waals surface area contributed by atoms with E-state index in [0.29, 0.717) is 19.3 Å². The van der Waals surface area contributed by atoms with Crippen LogP contribution in [-0.2, 0) is 28.6 Å². The molecule has 0 saturated heterocycles. The molecule has 0 fully saturated rings. The fourth-order valence-corrected chi connectivity index (χ4v) is 9.18. The van der Waals surface area contributed by atoms with Gasteiger partial charge < -0.3 is 14.2 Å². The van der Waals surface area contributed by atoms with E-state index in [1.165, 1.54) is 161 Å². The standard InChI is InChI=1S/C71H122O6/c1-4-7-10-13-16-19-21-23-25-27-29-31-33-35-37-39-41-43-45-47-49-52-55-58-61-64-70(73)76-67-68(66-75-69(72)63-60-57-54-51-18-15-12-9-6-3)77-71(74)65-62-59-56-53-50-48-46-44-42-40-38-36-34-32-30-28-26-24-22-20-17-14-11-8-5-2/h7,10,16,19,22-25,28-31,35,37,41,43,68H,4-6,8-9,11-15,17-18,20-21,26-27,32-34,36,38-40,42,44-67H2,1-3H3/b10-7-,19-16-,24-22-,25-23-,30-28-,31-29-,37-35-,43-41-. The minimum Gasteiger partial charge on any atom is -0.462 e. The lowest BCUT2D eigenvalue weighted by Crippen LogP contribution is -2.30. The number of carbonyl (C=O) groups is 3. The number of allylic oxidation sites excluding steroid dienone is 16. The zero-order valence-corrected chi connectivity index (χ0v) is 50.7. The first-order valence-corrected chi connectivity index (χ1v) is 32.7. The monoisotopic (exact) mass is 1070 g/mol. The maximum absolute atomic E-state index is 12.9. The molecule has 0 bridgehead atoms. The number of hydrogen-bond donors (Lipinski definition) is 0. The number of unbranched alkanes of at least 4 members (excludes halogenated alkanes) is 32. The van der Waals surface area contributed by atoms with Crippen molar-refractivity contribution in [2.24, 2.45) is 0 Å². The molecule has 0 spiro atoms. The molecule has 0 aromatic carbocycles. The first-order chi connectivity index (χ1) is 38.0. The Morgan fingerprint density at radius 2 is 0.506 bits per heavy atom. The second-order valence-corrected chi connectivity index (χ2v) is 21.6. The summed E-state index contributed by atoms with van der Waals surface area (Å²) >= 11 is 0. The van der Waals surface area contributed by atoms with Crippen LogP contribution in [0, 0.1) is 0 Å². The summed E-state index contributed by atoms with van der Waals surface area (Å²) in [7, 11) is 0. The number of carbonyl (C=O) groups excluding carboxylic acids is 3. The van der Waals surface area contributed by atoms with Crippen LogP contribution in [0.3, 0.4) is 0 Å². The van der Waals surface area contributed by atoms with Crippen molar-refractivity contribution in [3.8, 4) is 0 Å². The third-order valence-electron chi connectivity index (χ3n) is 14.1. The van der Waals surface area contributed by atoms with Crippen LogP contribution in [0.2, 0.25) is 0 Å². The van der Waals surface area contributed by atoms with Crippen LogP contribution in [0.4, 0.5) is 0 Å². The Bertz CT molecular complexity index is 1510. The Hall–Kier alpha value is -3.67. The maximum atomic E-state index is 12.9. The van der Waals surface area contributed by atoms with Crippen LogP contribution in [0.1, 0.15) is 316 Å². The molecular weight excluding hydrogens is 949 g/mol. The Morgan fingerprint density at radius 1 is 0.273 bits per heavy atom. The van der Waals surface area contributed by atoms with Crippen molar-refractivity contribution in [1.82, 2.24) is 0 Å². The molecule has 0 N–H and O–H groups in total. The lowest BCUT2D eigenvalue weighted by molar-refractivity contribution is -0.167. The van der Waals surface area contributed by atoms with Crippen molar-refractivity contribution in [3.05, 3.63) is 97.2 Å². The summed E-state index contributed by atoms with van der Waals surface area (Å²) in [5, 5.41) is 0. The summed E-state index contributed by atoms with van der Waals surface area (Å²) in [6.45, 7) is 6.51. The van der Waals surface area contributed by atoms with Crippen molar-refractivity contribution in [1.29, 1.82) is 0 Å². The zero-order chi connectivity index (χ0) is 55.7. The Balaban J connectivity index is 4.24. The molecule has 0 aliphatic carbocycles. The van der Waals surface area contributed by atoms with Crippen LogP contribution in [-0.4, -0.2) is 37.2 Å². The summed E-state index contributed by atoms with van der Waals surface area (Å²) < 4.78 is 16.9. The largest absolute Gasteiger partial charge is 0.462 e. The maximum Gasteiger partial charge on any atom is 0.306 e. The van der Waals surface area contributed by atoms with Crippen molar-refractivity contribution >= 4 is 17.9 Å². The van der Waals surface area contributed by atoms with Crippen molar-refractivity contribution in [2.75, 3.05) is 13.2 Å². The van der Waals surface area contributed by atoms with Gasteiger partial charge in [-0.3, -0.25) is 14.4 Å². The molecular formula is C71H122O6. The SMILES string of the molecule is CC/C=C\C/C=C\C/C=C\C/C=C\C/C=C\C/C=C\CCCCCCCCC(=O)OCC(COC(=O)CCCCCCCCCCC)OC(=O)CCCCCCCCCCCCCCC/C=C\C/C=C\CCCCCCC. The minimum atomic E-state index is -0.783. The highest BCUT2D eigenvalue weighted by atomic mass is 16.6. The fraction of sp³-hybridized carbons (Fsp3) is 0.732. The van der Waals surface area contributed by atoms with Crippen LogP contribution in [0.25, 0.3) is 0 Å². The first kappa shape index (κ1) is 73.3. The minimum absolute atomic E-state index is 0.0803. The van der Waals surface area contributed by atoms with Gasteiger partial charge in [-0.05, 0) is 103 Å². The summed E-state index contributed by atoms with van der Waals surface area (Å²) in [6.07, 6.45) is 87.1. The van der Waals surface area contributed by atoms with Gasteiger partial charge in [-0.15, -0.1) is 0 Å². The number of hydrogen-bond acceptors (Lipinski definition) is 6. The molecule has 0 saturated carbocycles. The Labute approximate surface area is 477 Å². The van der Waals surface area contributed by atoms with Gasteiger partial charge in [0, 0.05) is 19.3 Å². The molecule has 0 aliphatic heterocycles. The predicted molar refractivity (Wildman–Crippen MR) is 334 cm³/mol. The highest BCUT2D eigenvalue weighted by molar-refractivity contribution is 5.71. The Kier molecular flexibility index (Phi) is 61.8. The molecule has 77 heavy (non-hydrogen) atoms. The van der Waals surface area contributed by atoms with Crippen LogP contribution in [0.5, 0.6) is 0 Å². The zero-order valence-electron chi connectivity index (χ0n) is 50.7. The highest BCUT2D eigenvalue weighted by Crippen LogP contribution is 2.16. The number of ether oxygens (including phenoxy) is 3. The van der Waals surface area contributed by atoms with Gasteiger partial charge in [0.05, 0.1) is 0 Å².